The summed E-state index contributed by atoms with van der Waals surface area (Å²) in [5, 5.41) is 0. The molecule has 11 heavy (non-hydrogen) atoms. The highest BCUT2D eigenvalue weighted by molar-refractivity contribution is 5.49. The van der Waals surface area contributed by atoms with Crippen LogP contribution in [0.3, 0.4) is 0 Å². The first-order chi connectivity index (χ1) is 5.25. The molecule has 0 aliphatic rings. The van der Waals surface area contributed by atoms with E-state index in [0.717, 1.165) is 11.4 Å². The van der Waals surface area contributed by atoms with Crippen molar-refractivity contribution in [2.45, 2.75) is 6.92 Å². The first-order valence-corrected chi connectivity index (χ1v) is 3.37. The maximum absolute atomic E-state index is 4.05. The van der Waals surface area contributed by atoms with Gasteiger partial charge in [-0.3, -0.25) is 0 Å². The van der Waals surface area contributed by atoms with Crippen LogP contribution in [0.5, 0.6) is 0 Å². The van der Waals surface area contributed by atoms with Gasteiger partial charge < -0.3 is 4.90 Å². The molecule has 0 aliphatic carbocycles. The summed E-state index contributed by atoms with van der Waals surface area (Å²) in [7, 11) is 1.92. The number of anilines is 1. The van der Waals surface area contributed by atoms with E-state index in [1.807, 2.05) is 18.9 Å². The van der Waals surface area contributed by atoms with E-state index in [4.69, 9.17) is 0 Å². The number of nitrogens with zero attached hydrogens (tertiary/aromatic N) is 3. The molecule has 1 rings (SSSR count). The predicted molar refractivity (Wildman–Crippen MR) is 45.4 cm³/mol. The lowest BCUT2D eigenvalue weighted by Crippen LogP contribution is -2.09. The van der Waals surface area contributed by atoms with Gasteiger partial charge in [0.25, 0.3) is 0 Å². The molecule has 0 aliphatic heterocycles. The van der Waals surface area contributed by atoms with E-state index in [9.17, 15) is 0 Å². The molecule has 0 unspecified atom stereocenters. The number of rotatable bonds is 2. The Labute approximate surface area is 66.4 Å². The summed E-state index contributed by atoms with van der Waals surface area (Å²) in [6.07, 6.45) is 5.03. The second kappa shape index (κ2) is 3.14. The molecule has 0 bridgehead atoms. The molecule has 3 heteroatoms. The molecule has 0 spiro atoms. The molecular weight excluding hydrogens is 138 g/mol. The minimum Gasteiger partial charge on any atom is -0.349 e. The van der Waals surface area contributed by atoms with Gasteiger partial charge in [0.1, 0.15) is 6.33 Å². The topological polar surface area (TPSA) is 29.0 Å². The Hall–Kier alpha value is -1.38. The van der Waals surface area contributed by atoms with Crippen LogP contribution in [0, 0.1) is 6.92 Å². The third kappa shape index (κ3) is 1.55. The van der Waals surface area contributed by atoms with Crippen molar-refractivity contribution in [3.63, 3.8) is 0 Å². The van der Waals surface area contributed by atoms with Crippen molar-refractivity contribution in [1.29, 1.82) is 0 Å². The molecule has 0 N–H and O–H groups in total. The van der Waals surface area contributed by atoms with Gasteiger partial charge in [-0.2, -0.15) is 0 Å². The predicted octanol–water partition coefficient (Wildman–Crippen LogP) is 1.36. The normalized spacial score (nSPS) is 9.27. The van der Waals surface area contributed by atoms with Crippen LogP contribution < -0.4 is 4.90 Å². The highest BCUT2D eigenvalue weighted by Gasteiger charge is 1.99. The lowest BCUT2D eigenvalue weighted by Gasteiger charge is -2.13. The monoisotopic (exact) mass is 149 g/mol. The minimum absolute atomic E-state index is 0.961. The minimum atomic E-state index is 0.961. The summed E-state index contributed by atoms with van der Waals surface area (Å²) in [4.78, 5) is 9.85. The van der Waals surface area contributed by atoms with E-state index >= 15 is 0 Å². The summed E-state index contributed by atoms with van der Waals surface area (Å²) in [5.74, 6) is 0. The standard InChI is InChI=1S/C8H11N3/c1-4-11(3)8-5-9-6-10-7(8)2/h4-6H,1H2,2-3H3. The molecule has 0 saturated heterocycles. The summed E-state index contributed by atoms with van der Waals surface area (Å²) in [6.45, 7) is 5.59. The molecule has 0 aromatic carbocycles. The van der Waals surface area contributed by atoms with E-state index in [2.05, 4.69) is 16.5 Å². The Morgan fingerprint density at radius 3 is 2.91 bits per heavy atom. The van der Waals surface area contributed by atoms with E-state index in [1.54, 1.807) is 12.4 Å². The molecule has 58 valence electrons. The molecule has 0 radical (unpaired) electrons. The second-order valence-corrected chi connectivity index (χ2v) is 2.29. The number of hydrogen-bond donors (Lipinski definition) is 0. The summed E-state index contributed by atoms with van der Waals surface area (Å²) >= 11 is 0. The zero-order valence-corrected chi connectivity index (χ0v) is 6.78. The largest absolute Gasteiger partial charge is 0.349 e. The molecule has 0 saturated carbocycles. The molecule has 0 fully saturated rings. The van der Waals surface area contributed by atoms with Crippen LogP contribution in [0.4, 0.5) is 5.69 Å². The summed E-state index contributed by atoms with van der Waals surface area (Å²) in [6, 6.07) is 0. The highest BCUT2D eigenvalue weighted by Crippen LogP contribution is 2.13. The second-order valence-electron chi connectivity index (χ2n) is 2.29. The molecule has 3 nitrogen and oxygen atoms in total. The fourth-order valence-electron chi connectivity index (χ4n) is 0.828. The number of aromatic nitrogens is 2. The Bertz CT molecular complexity index is 257. The lowest BCUT2D eigenvalue weighted by molar-refractivity contribution is 1.05. The van der Waals surface area contributed by atoms with E-state index in [0.29, 0.717) is 0 Å². The van der Waals surface area contributed by atoms with Gasteiger partial charge in [0.15, 0.2) is 0 Å². The van der Waals surface area contributed by atoms with Crippen LogP contribution in [0.1, 0.15) is 5.69 Å². The van der Waals surface area contributed by atoms with E-state index < -0.39 is 0 Å². The van der Waals surface area contributed by atoms with Crippen LogP contribution in [-0.4, -0.2) is 17.0 Å². The Morgan fingerprint density at radius 1 is 1.64 bits per heavy atom. The van der Waals surface area contributed by atoms with Crippen molar-refractivity contribution in [2.24, 2.45) is 0 Å². The maximum Gasteiger partial charge on any atom is 0.115 e. The van der Waals surface area contributed by atoms with Crippen LogP contribution >= 0.6 is 0 Å². The smallest absolute Gasteiger partial charge is 0.115 e. The number of hydrogen-bond acceptors (Lipinski definition) is 3. The summed E-state index contributed by atoms with van der Waals surface area (Å²) in [5.41, 5.74) is 1.95. The molecular formula is C8H11N3. The van der Waals surface area contributed by atoms with Gasteiger partial charge >= 0.3 is 0 Å². The van der Waals surface area contributed by atoms with Crippen LogP contribution in [0.2, 0.25) is 0 Å². The zero-order valence-electron chi connectivity index (χ0n) is 6.78. The fourth-order valence-corrected chi connectivity index (χ4v) is 0.828. The van der Waals surface area contributed by atoms with Crippen molar-refractivity contribution in [3.05, 3.63) is 31.0 Å². The zero-order chi connectivity index (χ0) is 8.27. The third-order valence-corrected chi connectivity index (χ3v) is 1.54. The molecule has 0 atom stereocenters. The Kier molecular flexibility index (Phi) is 2.21. The highest BCUT2D eigenvalue weighted by atomic mass is 15.1. The van der Waals surface area contributed by atoms with Gasteiger partial charge in [-0.25, -0.2) is 9.97 Å². The molecule has 1 aromatic rings. The van der Waals surface area contributed by atoms with Crippen molar-refractivity contribution in [2.75, 3.05) is 11.9 Å². The quantitative estimate of drug-likeness (QED) is 0.635. The number of aryl methyl sites for hydroxylation is 1. The van der Waals surface area contributed by atoms with Crippen molar-refractivity contribution in [1.82, 2.24) is 9.97 Å². The van der Waals surface area contributed by atoms with Gasteiger partial charge in [0.05, 0.1) is 17.6 Å². The average Bonchev–Trinajstić information content (AvgIpc) is 2.04. The maximum atomic E-state index is 4.05. The first-order valence-electron chi connectivity index (χ1n) is 3.37. The Morgan fingerprint density at radius 2 is 2.36 bits per heavy atom. The Balaban J connectivity index is 3.02. The van der Waals surface area contributed by atoms with E-state index in [1.165, 1.54) is 6.33 Å². The lowest BCUT2D eigenvalue weighted by atomic mass is 10.3. The van der Waals surface area contributed by atoms with Gasteiger partial charge in [0, 0.05) is 7.05 Å². The first kappa shape index (κ1) is 7.72. The van der Waals surface area contributed by atoms with Gasteiger partial charge in [-0.15, -0.1) is 0 Å². The van der Waals surface area contributed by atoms with Crippen molar-refractivity contribution >= 4 is 5.69 Å². The average molecular weight is 149 g/mol. The van der Waals surface area contributed by atoms with Crippen molar-refractivity contribution < 1.29 is 0 Å². The SMILES string of the molecule is C=CN(C)c1cncnc1C. The summed E-state index contributed by atoms with van der Waals surface area (Å²) < 4.78 is 0. The van der Waals surface area contributed by atoms with Crippen LogP contribution in [0.25, 0.3) is 0 Å². The van der Waals surface area contributed by atoms with E-state index in [-0.39, 0.29) is 0 Å². The van der Waals surface area contributed by atoms with Crippen molar-refractivity contribution in [3.8, 4) is 0 Å². The van der Waals surface area contributed by atoms with Crippen LogP contribution in [0.15, 0.2) is 25.3 Å². The van der Waals surface area contributed by atoms with Gasteiger partial charge in [0.2, 0.25) is 0 Å². The molecule has 1 aromatic heterocycles. The molecule has 1 heterocycles. The third-order valence-electron chi connectivity index (χ3n) is 1.54. The van der Waals surface area contributed by atoms with Gasteiger partial charge in [-0.1, -0.05) is 6.58 Å². The molecule has 0 amide bonds. The van der Waals surface area contributed by atoms with Crippen LogP contribution in [-0.2, 0) is 0 Å². The fraction of sp³-hybridized carbons (Fsp3) is 0.250. The van der Waals surface area contributed by atoms with Gasteiger partial charge in [-0.05, 0) is 13.1 Å².